The fourth-order valence-electron chi connectivity index (χ4n) is 3.09. The van der Waals surface area contributed by atoms with E-state index in [0.29, 0.717) is 17.8 Å². The summed E-state index contributed by atoms with van der Waals surface area (Å²) in [5, 5.41) is 2.31. The Bertz CT molecular complexity index is 626. The van der Waals surface area contributed by atoms with Crippen LogP contribution in [0.4, 0.5) is 11.4 Å². The molecular weight excluding hydrogens is 258 g/mol. The molecule has 2 atom stereocenters. The first-order valence-electron chi connectivity index (χ1n) is 6.50. The van der Waals surface area contributed by atoms with Crippen molar-refractivity contribution in [3.8, 4) is 0 Å². The largest absolute Gasteiger partial charge is 0.397 e. The number of hydrogen-bond acceptors (Lipinski definition) is 4. The van der Waals surface area contributed by atoms with Gasteiger partial charge in [0.25, 0.3) is 0 Å². The molecule has 0 bridgehead atoms. The lowest BCUT2D eigenvalue weighted by atomic mass is 9.81. The molecule has 6 nitrogen and oxygen atoms in total. The van der Waals surface area contributed by atoms with Crippen LogP contribution in [0, 0.1) is 5.92 Å². The number of imide groups is 1. The number of nitrogens with two attached hydrogens (primary N) is 1. The van der Waals surface area contributed by atoms with Crippen molar-refractivity contribution >= 4 is 29.1 Å². The molecule has 3 amide bonds. The van der Waals surface area contributed by atoms with Gasteiger partial charge < -0.3 is 10.6 Å². The molecule has 0 spiro atoms. The van der Waals surface area contributed by atoms with Gasteiger partial charge in [0.2, 0.25) is 17.7 Å². The Morgan fingerprint density at radius 3 is 2.75 bits per heavy atom. The smallest absolute Gasteiger partial charge is 0.235 e. The minimum atomic E-state index is -0.549. The predicted molar refractivity (Wildman–Crippen MR) is 72.9 cm³/mol. The molecule has 1 fully saturated rings. The number of anilines is 2. The minimum Gasteiger partial charge on any atom is -0.397 e. The number of amides is 3. The van der Waals surface area contributed by atoms with E-state index < -0.39 is 11.8 Å². The Kier molecular flexibility index (Phi) is 2.74. The number of benzene rings is 1. The molecule has 2 heterocycles. The van der Waals surface area contributed by atoms with Crippen molar-refractivity contribution < 1.29 is 14.4 Å². The van der Waals surface area contributed by atoms with Gasteiger partial charge in [-0.3, -0.25) is 19.7 Å². The lowest BCUT2D eigenvalue weighted by molar-refractivity contribution is -0.139. The molecule has 0 radical (unpaired) electrons. The highest BCUT2D eigenvalue weighted by Gasteiger charge is 2.45. The molecule has 1 aromatic rings. The number of carbonyl (C=O) groups is 3. The van der Waals surface area contributed by atoms with E-state index in [-0.39, 0.29) is 24.1 Å². The predicted octanol–water partition coefficient (Wildman–Crippen LogP) is 0.382. The first-order chi connectivity index (χ1) is 9.50. The van der Waals surface area contributed by atoms with Crippen molar-refractivity contribution in [2.75, 3.05) is 17.7 Å². The van der Waals surface area contributed by atoms with Gasteiger partial charge in [-0.15, -0.1) is 0 Å². The maximum atomic E-state index is 12.4. The Labute approximate surface area is 115 Å². The van der Waals surface area contributed by atoms with Crippen LogP contribution in [0.2, 0.25) is 0 Å². The van der Waals surface area contributed by atoms with E-state index >= 15 is 0 Å². The Morgan fingerprint density at radius 2 is 2.05 bits per heavy atom. The van der Waals surface area contributed by atoms with Crippen molar-refractivity contribution in [2.24, 2.45) is 5.92 Å². The second-order valence-electron chi connectivity index (χ2n) is 5.22. The van der Waals surface area contributed by atoms with E-state index in [1.165, 1.54) is 4.90 Å². The molecule has 0 aliphatic carbocycles. The molecule has 20 heavy (non-hydrogen) atoms. The number of nitrogens with one attached hydrogen (secondary N) is 1. The number of fused-ring (bicyclic) bond motifs is 1. The molecule has 0 aromatic heterocycles. The zero-order valence-corrected chi connectivity index (χ0v) is 11.1. The van der Waals surface area contributed by atoms with E-state index in [1.807, 2.05) is 6.07 Å². The molecule has 3 rings (SSSR count). The Morgan fingerprint density at radius 1 is 1.30 bits per heavy atom. The molecular formula is C14H15N3O3. The number of piperidine rings is 1. The van der Waals surface area contributed by atoms with Crippen molar-refractivity contribution in [2.45, 2.75) is 18.8 Å². The van der Waals surface area contributed by atoms with Crippen LogP contribution in [-0.4, -0.2) is 24.8 Å². The van der Waals surface area contributed by atoms with Crippen molar-refractivity contribution in [3.63, 3.8) is 0 Å². The first-order valence-corrected chi connectivity index (χ1v) is 6.50. The highest BCUT2D eigenvalue weighted by atomic mass is 16.2. The fraction of sp³-hybridized carbons (Fsp3) is 0.357. The van der Waals surface area contributed by atoms with Crippen molar-refractivity contribution in [1.82, 2.24) is 5.32 Å². The second kappa shape index (κ2) is 4.33. The van der Waals surface area contributed by atoms with Crippen LogP contribution in [0.5, 0.6) is 0 Å². The number of rotatable bonds is 1. The van der Waals surface area contributed by atoms with Gasteiger partial charge in [0.05, 0.1) is 23.2 Å². The van der Waals surface area contributed by atoms with Gasteiger partial charge in [0, 0.05) is 13.5 Å². The summed E-state index contributed by atoms with van der Waals surface area (Å²) in [5.41, 5.74) is 7.89. The summed E-state index contributed by atoms with van der Waals surface area (Å²) in [4.78, 5) is 37.2. The van der Waals surface area contributed by atoms with E-state index in [0.717, 1.165) is 5.56 Å². The van der Waals surface area contributed by atoms with Crippen LogP contribution in [0.15, 0.2) is 18.2 Å². The summed E-state index contributed by atoms with van der Waals surface area (Å²) >= 11 is 0. The lowest BCUT2D eigenvalue weighted by Crippen LogP contribution is -2.44. The standard InChI is InChI=1S/C14H15N3O3/c1-17-12-7(3-2-4-9(12)15)11(14(17)20)8-5-6-10(18)16-13(8)19/h2-4,8,11H,5-6,15H2,1H3,(H,16,18,19). The monoisotopic (exact) mass is 273 g/mol. The van der Waals surface area contributed by atoms with Crippen LogP contribution in [0.3, 0.4) is 0 Å². The number of hydrogen-bond donors (Lipinski definition) is 2. The summed E-state index contributed by atoms with van der Waals surface area (Å²) < 4.78 is 0. The number of nitrogens with zero attached hydrogens (tertiary/aromatic N) is 1. The SMILES string of the molecule is CN1C(=O)C(C2CCC(=O)NC2=O)c2cccc(N)c21. The highest BCUT2D eigenvalue weighted by molar-refractivity contribution is 6.11. The third-order valence-corrected chi connectivity index (χ3v) is 4.05. The van der Waals surface area contributed by atoms with E-state index in [9.17, 15) is 14.4 Å². The Hall–Kier alpha value is -2.37. The summed E-state index contributed by atoms with van der Waals surface area (Å²) in [6.45, 7) is 0. The normalized spacial score (nSPS) is 25.6. The quantitative estimate of drug-likeness (QED) is 0.571. The molecule has 1 saturated heterocycles. The molecule has 104 valence electrons. The molecule has 2 aliphatic heterocycles. The maximum Gasteiger partial charge on any atom is 0.235 e. The second-order valence-corrected chi connectivity index (χ2v) is 5.22. The molecule has 1 aromatic carbocycles. The number of para-hydroxylation sites is 1. The lowest BCUT2D eigenvalue weighted by Gasteiger charge is -2.25. The molecule has 2 aliphatic rings. The average molecular weight is 273 g/mol. The molecule has 3 N–H and O–H groups in total. The third-order valence-electron chi connectivity index (χ3n) is 4.05. The molecule has 6 heteroatoms. The zero-order chi connectivity index (χ0) is 14.4. The van der Waals surface area contributed by atoms with Crippen LogP contribution >= 0.6 is 0 Å². The van der Waals surface area contributed by atoms with E-state index in [4.69, 9.17) is 5.73 Å². The number of nitrogen functional groups attached to an aromatic ring is 1. The topological polar surface area (TPSA) is 92.5 Å². The van der Waals surface area contributed by atoms with Crippen LogP contribution in [-0.2, 0) is 14.4 Å². The zero-order valence-electron chi connectivity index (χ0n) is 11.1. The van der Waals surface area contributed by atoms with Gasteiger partial charge >= 0.3 is 0 Å². The summed E-state index contributed by atoms with van der Waals surface area (Å²) in [7, 11) is 1.66. The first kappa shape index (κ1) is 12.7. The van der Waals surface area contributed by atoms with Gasteiger partial charge in [-0.25, -0.2) is 0 Å². The number of carbonyl (C=O) groups excluding carboxylic acids is 3. The third kappa shape index (κ3) is 1.68. The van der Waals surface area contributed by atoms with Gasteiger partial charge in [0.15, 0.2) is 0 Å². The van der Waals surface area contributed by atoms with E-state index in [2.05, 4.69) is 5.32 Å². The highest BCUT2D eigenvalue weighted by Crippen LogP contribution is 2.45. The summed E-state index contributed by atoms with van der Waals surface area (Å²) in [6.07, 6.45) is 0.657. The van der Waals surface area contributed by atoms with Gasteiger partial charge in [-0.1, -0.05) is 12.1 Å². The van der Waals surface area contributed by atoms with E-state index in [1.54, 1.807) is 19.2 Å². The van der Waals surface area contributed by atoms with Crippen LogP contribution < -0.4 is 16.0 Å². The Balaban J connectivity index is 2.03. The van der Waals surface area contributed by atoms with Crippen molar-refractivity contribution in [1.29, 1.82) is 0 Å². The van der Waals surface area contributed by atoms with Crippen LogP contribution in [0.25, 0.3) is 0 Å². The number of likely N-dealkylation sites (N-methyl/N-ethyl adjacent to an activating group) is 1. The fourth-order valence-corrected chi connectivity index (χ4v) is 3.09. The summed E-state index contributed by atoms with van der Waals surface area (Å²) in [5.74, 6) is -1.86. The van der Waals surface area contributed by atoms with Crippen LogP contribution in [0.1, 0.15) is 24.3 Å². The molecule has 0 saturated carbocycles. The minimum absolute atomic E-state index is 0.146. The van der Waals surface area contributed by atoms with Gasteiger partial charge in [-0.2, -0.15) is 0 Å². The maximum absolute atomic E-state index is 12.4. The van der Waals surface area contributed by atoms with Crippen molar-refractivity contribution in [3.05, 3.63) is 23.8 Å². The average Bonchev–Trinajstić information content (AvgIpc) is 2.64. The van der Waals surface area contributed by atoms with Gasteiger partial charge in [-0.05, 0) is 18.1 Å². The van der Waals surface area contributed by atoms with Gasteiger partial charge in [0.1, 0.15) is 0 Å². The molecule has 2 unspecified atom stereocenters. The summed E-state index contributed by atoms with van der Waals surface area (Å²) in [6, 6.07) is 5.33.